The molecule has 0 aromatic carbocycles. The number of carbonyl (C=O) groups is 1. The number of aryl methyl sites for hydroxylation is 2. The van der Waals surface area contributed by atoms with Crippen LogP contribution in [0.15, 0.2) is 23.0 Å². The summed E-state index contributed by atoms with van der Waals surface area (Å²) in [5.74, 6) is 0.242. The molecule has 2 aromatic heterocycles. The first-order chi connectivity index (χ1) is 8.88. The van der Waals surface area contributed by atoms with Crippen LogP contribution in [0, 0.1) is 13.8 Å². The first kappa shape index (κ1) is 13.2. The van der Waals surface area contributed by atoms with Crippen molar-refractivity contribution in [1.82, 2.24) is 20.4 Å². The molecular weight excluding hydrogens is 244 g/mol. The molecule has 0 bridgehead atoms. The highest BCUT2D eigenvalue weighted by Gasteiger charge is 2.28. The lowest BCUT2D eigenvalue weighted by Crippen LogP contribution is -2.41. The van der Waals surface area contributed by atoms with Crippen LogP contribution in [0.25, 0.3) is 0 Å². The molecule has 0 spiro atoms. The Morgan fingerprint density at radius 3 is 2.42 bits per heavy atom. The summed E-state index contributed by atoms with van der Waals surface area (Å²) < 4.78 is 4.70. The van der Waals surface area contributed by atoms with Gasteiger partial charge in [-0.2, -0.15) is 4.98 Å². The molecule has 6 heteroatoms. The number of pyridine rings is 1. The monoisotopic (exact) mass is 260 g/mol. The van der Waals surface area contributed by atoms with Crippen LogP contribution >= 0.6 is 0 Å². The van der Waals surface area contributed by atoms with Gasteiger partial charge in [0.2, 0.25) is 6.39 Å². The predicted molar refractivity (Wildman–Crippen MR) is 68.5 cm³/mol. The van der Waals surface area contributed by atoms with Crippen molar-refractivity contribution in [3.63, 3.8) is 0 Å². The SMILES string of the molecule is Cc1cc(C(=O)NC(C)(C)c2ncon2)cc(C)n1. The maximum atomic E-state index is 12.2. The Hall–Kier alpha value is -2.24. The summed E-state index contributed by atoms with van der Waals surface area (Å²) in [5.41, 5.74) is 1.49. The summed E-state index contributed by atoms with van der Waals surface area (Å²) in [4.78, 5) is 20.4. The van der Waals surface area contributed by atoms with Gasteiger partial charge in [-0.05, 0) is 39.8 Å². The quantitative estimate of drug-likeness (QED) is 0.909. The van der Waals surface area contributed by atoms with Crippen molar-refractivity contribution in [2.45, 2.75) is 33.2 Å². The van der Waals surface area contributed by atoms with E-state index in [4.69, 9.17) is 4.52 Å². The van der Waals surface area contributed by atoms with Crippen LogP contribution in [-0.4, -0.2) is 21.0 Å². The summed E-state index contributed by atoms with van der Waals surface area (Å²) in [6.07, 6.45) is 1.24. The third-order valence-corrected chi connectivity index (χ3v) is 2.69. The Morgan fingerprint density at radius 1 is 1.26 bits per heavy atom. The van der Waals surface area contributed by atoms with E-state index < -0.39 is 5.54 Å². The normalized spacial score (nSPS) is 11.4. The second-order valence-electron chi connectivity index (χ2n) is 4.97. The second kappa shape index (κ2) is 4.79. The minimum Gasteiger partial charge on any atom is -0.343 e. The van der Waals surface area contributed by atoms with Gasteiger partial charge < -0.3 is 9.84 Å². The van der Waals surface area contributed by atoms with Gasteiger partial charge in [-0.3, -0.25) is 9.78 Å². The number of nitrogens with one attached hydrogen (secondary N) is 1. The van der Waals surface area contributed by atoms with Crippen molar-refractivity contribution < 1.29 is 9.32 Å². The van der Waals surface area contributed by atoms with Crippen molar-refractivity contribution in [2.24, 2.45) is 0 Å². The van der Waals surface area contributed by atoms with Crippen LogP contribution in [0.5, 0.6) is 0 Å². The van der Waals surface area contributed by atoms with Gasteiger partial charge in [0.25, 0.3) is 5.91 Å². The minimum atomic E-state index is -0.699. The van der Waals surface area contributed by atoms with E-state index in [1.54, 1.807) is 12.1 Å². The van der Waals surface area contributed by atoms with E-state index in [2.05, 4.69) is 20.4 Å². The predicted octanol–water partition coefficient (Wildman–Crippen LogP) is 1.75. The van der Waals surface area contributed by atoms with Gasteiger partial charge in [-0.25, -0.2) is 0 Å². The Bertz CT molecular complexity index is 570. The van der Waals surface area contributed by atoms with Crippen molar-refractivity contribution in [3.05, 3.63) is 41.3 Å². The minimum absolute atomic E-state index is 0.191. The molecule has 0 aliphatic rings. The van der Waals surface area contributed by atoms with Crippen LogP contribution < -0.4 is 5.32 Å². The van der Waals surface area contributed by atoms with Gasteiger partial charge >= 0.3 is 0 Å². The van der Waals surface area contributed by atoms with Crippen LogP contribution in [0.2, 0.25) is 0 Å². The molecule has 2 aromatic rings. The molecule has 2 rings (SSSR count). The lowest BCUT2D eigenvalue weighted by atomic mass is 10.0. The molecule has 0 fully saturated rings. The second-order valence-corrected chi connectivity index (χ2v) is 4.97. The standard InChI is InChI=1S/C13H16N4O2/c1-8-5-10(6-9(2)15-8)11(18)16-13(3,4)12-14-7-19-17-12/h5-7H,1-4H3,(H,16,18). The maximum Gasteiger partial charge on any atom is 0.252 e. The Labute approximate surface area is 111 Å². The Balaban J connectivity index is 2.21. The van der Waals surface area contributed by atoms with Crippen molar-refractivity contribution >= 4 is 5.91 Å². The van der Waals surface area contributed by atoms with Gasteiger partial charge in [-0.1, -0.05) is 5.16 Å². The largest absolute Gasteiger partial charge is 0.343 e. The van der Waals surface area contributed by atoms with Crippen LogP contribution in [0.3, 0.4) is 0 Å². The lowest BCUT2D eigenvalue weighted by Gasteiger charge is -2.22. The molecule has 6 nitrogen and oxygen atoms in total. The highest BCUT2D eigenvalue weighted by Crippen LogP contribution is 2.16. The zero-order chi connectivity index (χ0) is 14.0. The third-order valence-electron chi connectivity index (χ3n) is 2.69. The summed E-state index contributed by atoms with van der Waals surface area (Å²) in [6.45, 7) is 7.34. The van der Waals surface area contributed by atoms with Crippen molar-refractivity contribution in [1.29, 1.82) is 0 Å². The van der Waals surface area contributed by atoms with Gasteiger partial charge in [0.1, 0.15) is 0 Å². The number of hydrogen-bond donors (Lipinski definition) is 1. The molecule has 0 atom stereocenters. The first-order valence-electron chi connectivity index (χ1n) is 5.93. The van der Waals surface area contributed by atoms with Gasteiger partial charge in [0, 0.05) is 17.0 Å². The molecule has 1 N–H and O–H groups in total. The summed E-state index contributed by atoms with van der Waals surface area (Å²) in [6, 6.07) is 3.49. The average Bonchev–Trinajstić information content (AvgIpc) is 2.80. The third kappa shape index (κ3) is 2.96. The molecule has 2 heterocycles. The number of nitrogens with zero attached hydrogens (tertiary/aromatic N) is 3. The molecule has 0 aliphatic heterocycles. The topological polar surface area (TPSA) is 80.9 Å². The number of aromatic nitrogens is 3. The zero-order valence-corrected chi connectivity index (χ0v) is 11.4. The maximum absolute atomic E-state index is 12.2. The summed E-state index contributed by atoms with van der Waals surface area (Å²) in [5, 5.41) is 6.63. The van der Waals surface area contributed by atoms with E-state index in [1.165, 1.54) is 6.39 Å². The molecule has 0 unspecified atom stereocenters. The van der Waals surface area contributed by atoms with Gasteiger partial charge in [0.15, 0.2) is 5.82 Å². The van der Waals surface area contributed by atoms with Crippen LogP contribution in [0.4, 0.5) is 0 Å². The number of amides is 1. The Kier molecular flexibility index (Phi) is 3.33. The van der Waals surface area contributed by atoms with Crippen molar-refractivity contribution in [3.8, 4) is 0 Å². The van der Waals surface area contributed by atoms with Crippen molar-refractivity contribution in [2.75, 3.05) is 0 Å². The average molecular weight is 260 g/mol. The molecule has 100 valence electrons. The van der Waals surface area contributed by atoms with E-state index >= 15 is 0 Å². The fraction of sp³-hybridized carbons (Fsp3) is 0.385. The highest BCUT2D eigenvalue weighted by molar-refractivity contribution is 5.94. The highest BCUT2D eigenvalue weighted by atomic mass is 16.5. The fourth-order valence-corrected chi connectivity index (χ4v) is 1.82. The molecule has 1 amide bonds. The summed E-state index contributed by atoms with van der Waals surface area (Å²) in [7, 11) is 0. The molecular formula is C13H16N4O2. The Morgan fingerprint density at radius 2 is 1.89 bits per heavy atom. The molecule has 19 heavy (non-hydrogen) atoms. The van der Waals surface area contributed by atoms with E-state index in [9.17, 15) is 4.79 Å². The van der Waals surface area contributed by atoms with E-state index in [0.717, 1.165) is 11.4 Å². The lowest BCUT2D eigenvalue weighted by molar-refractivity contribution is 0.0907. The summed E-state index contributed by atoms with van der Waals surface area (Å²) >= 11 is 0. The van der Waals surface area contributed by atoms with Crippen LogP contribution in [-0.2, 0) is 5.54 Å². The molecule has 0 saturated heterocycles. The van der Waals surface area contributed by atoms with E-state index in [0.29, 0.717) is 11.4 Å². The smallest absolute Gasteiger partial charge is 0.252 e. The number of hydrogen-bond acceptors (Lipinski definition) is 5. The van der Waals surface area contributed by atoms with Gasteiger partial charge in [-0.15, -0.1) is 0 Å². The molecule has 0 aliphatic carbocycles. The van der Waals surface area contributed by atoms with Crippen LogP contribution in [0.1, 0.15) is 41.4 Å². The fourth-order valence-electron chi connectivity index (χ4n) is 1.82. The zero-order valence-electron chi connectivity index (χ0n) is 11.4. The number of rotatable bonds is 3. The molecule has 0 radical (unpaired) electrons. The van der Waals surface area contributed by atoms with E-state index in [-0.39, 0.29) is 5.91 Å². The molecule has 0 saturated carbocycles. The number of carbonyl (C=O) groups excluding carboxylic acids is 1. The van der Waals surface area contributed by atoms with Gasteiger partial charge in [0.05, 0.1) is 5.54 Å². The van der Waals surface area contributed by atoms with E-state index in [1.807, 2.05) is 27.7 Å². The first-order valence-corrected chi connectivity index (χ1v) is 5.93.